The monoisotopic (exact) mass is 359 g/mol. The van der Waals surface area contributed by atoms with Crippen molar-refractivity contribution in [3.63, 3.8) is 0 Å². The van der Waals surface area contributed by atoms with E-state index in [2.05, 4.69) is 21.9 Å². The Morgan fingerprint density at radius 3 is 2.67 bits per heavy atom. The summed E-state index contributed by atoms with van der Waals surface area (Å²) in [5.74, 6) is 1.56. The van der Waals surface area contributed by atoms with Crippen molar-refractivity contribution >= 4 is 23.4 Å². The van der Waals surface area contributed by atoms with Crippen LogP contribution in [0.15, 0.2) is 48.1 Å². The molecule has 1 aromatic carbocycles. The Morgan fingerprint density at radius 1 is 1.21 bits per heavy atom. The van der Waals surface area contributed by atoms with E-state index in [0.29, 0.717) is 17.5 Å². The summed E-state index contributed by atoms with van der Waals surface area (Å²) in [6.45, 7) is 8.38. The average Bonchev–Trinajstić information content (AvgIpc) is 3.08. The molecule has 7 heteroatoms. The number of aromatic nitrogens is 5. The molecule has 0 atom stereocenters. The van der Waals surface area contributed by atoms with Crippen LogP contribution in [0.2, 0.25) is 5.15 Å². The molecule has 0 spiro atoms. The summed E-state index contributed by atoms with van der Waals surface area (Å²) in [5.41, 5.74) is 2.88. The van der Waals surface area contributed by atoms with Crippen LogP contribution in [0.25, 0.3) is 5.69 Å². The molecule has 0 amide bonds. The summed E-state index contributed by atoms with van der Waals surface area (Å²) in [5, 5.41) is 14.4. The second-order valence-corrected chi connectivity index (χ2v) is 6.62. The van der Waals surface area contributed by atoms with E-state index in [0.717, 1.165) is 27.9 Å². The number of halogens is 1. The topological polar surface area (TPSA) is 48.5 Å². The Hall–Kier alpha value is -2.05. The molecule has 0 unspecified atom stereocenters. The molecule has 2 aromatic heterocycles. The SMILES string of the molecule is C=CCn1c(C)nnc1SCc1c(C)nn(-c2ccccc2)c1Cl. The number of thioether (sulfide) groups is 1. The lowest BCUT2D eigenvalue weighted by Gasteiger charge is -2.05. The van der Waals surface area contributed by atoms with Gasteiger partial charge in [0.1, 0.15) is 11.0 Å². The lowest BCUT2D eigenvalue weighted by molar-refractivity contribution is 0.703. The Bertz CT molecular complexity index is 853. The summed E-state index contributed by atoms with van der Waals surface area (Å²) in [6.07, 6.45) is 1.84. The molecule has 2 heterocycles. The van der Waals surface area contributed by atoms with Crippen LogP contribution in [0.4, 0.5) is 0 Å². The highest BCUT2D eigenvalue weighted by molar-refractivity contribution is 7.98. The third-order valence-corrected chi connectivity index (χ3v) is 5.06. The van der Waals surface area contributed by atoms with Crippen molar-refractivity contribution in [2.24, 2.45) is 0 Å². The van der Waals surface area contributed by atoms with Gasteiger partial charge in [0.15, 0.2) is 5.16 Å². The molecule has 0 bridgehead atoms. The van der Waals surface area contributed by atoms with Gasteiger partial charge in [-0.1, -0.05) is 47.6 Å². The van der Waals surface area contributed by atoms with E-state index in [4.69, 9.17) is 11.6 Å². The van der Waals surface area contributed by atoms with E-state index in [1.807, 2.05) is 54.8 Å². The quantitative estimate of drug-likeness (QED) is 0.488. The minimum atomic E-state index is 0.637. The first kappa shape index (κ1) is 16.8. The lowest BCUT2D eigenvalue weighted by Crippen LogP contribution is -2.00. The predicted molar refractivity (Wildman–Crippen MR) is 97.8 cm³/mol. The number of rotatable bonds is 6. The maximum Gasteiger partial charge on any atom is 0.191 e. The van der Waals surface area contributed by atoms with Gasteiger partial charge in [0.25, 0.3) is 0 Å². The molecular weight excluding hydrogens is 342 g/mol. The lowest BCUT2D eigenvalue weighted by atomic mass is 10.3. The van der Waals surface area contributed by atoms with Crippen molar-refractivity contribution in [3.05, 3.63) is 65.2 Å². The molecule has 0 N–H and O–H groups in total. The molecule has 3 aromatic rings. The highest BCUT2D eigenvalue weighted by Crippen LogP contribution is 2.30. The number of benzene rings is 1. The van der Waals surface area contributed by atoms with Crippen LogP contribution < -0.4 is 0 Å². The fraction of sp³-hybridized carbons (Fsp3) is 0.235. The minimum Gasteiger partial charge on any atom is -0.302 e. The van der Waals surface area contributed by atoms with Gasteiger partial charge in [-0.15, -0.1) is 16.8 Å². The van der Waals surface area contributed by atoms with E-state index in [1.165, 1.54) is 0 Å². The largest absolute Gasteiger partial charge is 0.302 e. The van der Waals surface area contributed by atoms with Crippen molar-refractivity contribution < 1.29 is 0 Å². The van der Waals surface area contributed by atoms with Crippen LogP contribution in [-0.4, -0.2) is 24.5 Å². The van der Waals surface area contributed by atoms with E-state index < -0.39 is 0 Å². The first-order chi connectivity index (χ1) is 11.6. The zero-order valence-electron chi connectivity index (χ0n) is 13.6. The van der Waals surface area contributed by atoms with E-state index in [9.17, 15) is 0 Å². The molecule has 5 nitrogen and oxygen atoms in total. The van der Waals surface area contributed by atoms with E-state index >= 15 is 0 Å². The molecule has 0 aliphatic heterocycles. The fourth-order valence-electron chi connectivity index (χ4n) is 2.38. The van der Waals surface area contributed by atoms with Crippen molar-refractivity contribution in [1.29, 1.82) is 0 Å². The number of hydrogen-bond donors (Lipinski definition) is 0. The van der Waals surface area contributed by atoms with Crippen molar-refractivity contribution in [1.82, 2.24) is 24.5 Å². The number of hydrogen-bond acceptors (Lipinski definition) is 4. The number of allylic oxidation sites excluding steroid dienone is 1. The molecule has 0 radical (unpaired) electrons. The van der Waals surface area contributed by atoms with Gasteiger partial charge in [-0.05, 0) is 26.0 Å². The summed E-state index contributed by atoms with van der Waals surface area (Å²) in [7, 11) is 0. The van der Waals surface area contributed by atoms with E-state index in [-0.39, 0.29) is 0 Å². The molecule has 0 aliphatic rings. The molecule has 24 heavy (non-hydrogen) atoms. The molecule has 0 fully saturated rings. The Balaban J connectivity index is 1.84. The molecule has 3 rings (SSSR count). The zero-order valence-corrected chi connectivity index (χ0v) is 15.2. The third kappa shape index (κ3) is 3.25. The fourth-order valence-corrected chi connectivity index (χ4v) is 3.88. The summed E-state index contributed by atoms with van der Waals surface area (Å²) >= 11 is 8.17. The van der Waals surface area contributed by atoms with Crippen LogP contribution in [0, 0.1) is 13.8 Å². The highest BCUT2D eigenvalue weighted by atomic mass is 35.5. The van der Waals surface area contributed by atoms with E-state index in [1.54, 1.807) is 16.4 Å². The average molecular weight is 360 g/mol. The van der Waals surface area contributed by atoms with Crippen LogP contribution in [0.3, 0.4) is 0 Å². The first-order valence-corrected chi connectivity index (χ1v) is 8.91. The van der Waals surface area contributed by atoms with Crippen LogP contribution in [0.5, 0.6) is 0 Å². The Morgan fingerprint density at radius 2 is 1.96 bits per heavy atom. The van der Waals surface area contributed by atoms with Gasteiger partial charge >= 0.3 is 0 Å². The third-order valence-electron chi connectivity index (χ3n) is 3.68. The second-order valence-electron chi connectivity index (χ2n) is 5.32. The van der Waals surface area contributed by atoms with Crippen LogP contribution in [0.1, 0.15) is 17.1 Å². The maximum atomic E-state index is 6.56. The predicted octanol–water partition coefficient (Wildman–Crippen LogP) is 4.21. The summed E-state index contributed by atoms with van der Waals surface area (Å²) < 4.78 is 3.80. The van der Waals surface area contributed by atoms with Gasteiger partial charge in [0, 0.05) is 17.9 Å². The molecule has 124 valence electrons. The van der Waals surface area contributed by atoms with Crippen molar-refractivity contribution in [3.8, 4) is 5.69 Å². The Labute approximate surface area is 150 Å². The highest BCUT2D eigenvalue weighted by Gasteiger charge is 2.16. The summed E-state index contributed by atoms with van der Waals surface area (Å²) in [4.78, 5) is 0. The summed E-state index contributed by atoms with van der Waals surface area (Å²) in [6, 6.07) is 9.88. The normalized spacial score (nSPS) is 11.0. The minimum absolute atomic E-state index is 0.637. The van der Waals surface area contributed by atoms with Gasteiger partial charge in [0.05, 0.1) is 11.4 Å². The number of aryl methyl sites for hydroxylation is 2. The van der Waals surface area contributed by atoms with Crippen molar-refractivity contribution in [2.75, 3.05) is 0 Å². The molecule has 0 aliphatic carbocycles. The van der Waals surface area contributed by atoms with Crippen LogP contribution >= 0.6 is 23.4 Å². The van der Waals surface area contributed by atoms with Gasteiger partial charge in [-0.2, -0.15) is 5.10 Å². The first-order valence-electron chi connectivity index (χ1n) is 7.54. The molecule has 0 saturated heterocycles. The standard InChI is InChI=1S/C17H18ClN5S/c1-4-10-22-13(3)19-20-17(22)24-11-15-12(2)21-23(16(15)18)14-8-6-5-7-9-14/h4-9H,1,10-11H2,2-3H3. The maximum absolute atomic E-state index is 6.56. The zero-order chi connectivity index (χ0) is 17.1. The Kier molecular flexibility index (Phi) is 5.06. The van der Waals surface area contributed by atoms with Gasteiger partial charge < -0.3 is 4.57 Å². The molecular formula is C17H18ClN5S. The number of para-hydroxylation sites is 1. The smallest absolute Gasteiger partial charge is 0.191 e. The molecule has 0 saturated carbocycles. The van der Waals surface area contributed by atoms with Crippen LogP contribution in [-0.2, 0) is 12.3 Å². The number of nitrogens with zero attached hydrogens (tertiary/aromatic N) is 5. The van der Waals surface area contributed by atoms with Gasteiger partial charge in [0.2, 0.25) is 0 Å². The van der Waals surface area contributed by atoms with Gasteiger partial charge in [-0.25, -0.2) is 4.68 Å². The van der Waals surface area contributed by atoms with Crippen molar-refractivity contribution in [2.45, 2.75) is 31.3 Å². The van der Waals surface area contributed by atoms with Gasteiger partial charge in [-0.3, -0.25) is 0 Å². The second kappa shape index (κ2) is 7.23.